The van der Waals surface area contributed by atoms with E-state index in [9.17, 15) is 14.7 Å². The number of hydrogen-bond acceptors (Lipinski definition) is 4. The first-order valence-corrected chi connectivity index (χ1v) is 3.62. The van der Waals surface area contributed by atoms with Crippen molar-refractivity contribution in [1.82, 2.24) is 0 Å². The van der Waals surface area contributed by atoms with Crippen molar-refractivity contribution in [2.45, 2.75) is 6.92 Å². The van der Waals surface area contributed by atoms with Crippen LogP contribution in [0.15, 0.2) is 24.3 Å². The topological polar surface area (TPSA) is 63.6 Å². The monoisotopic (exact) mass is 188 g/mol. The number of rotatable bonds is 1. The Bertz CT molecular complexity index is 348. The van der Waals surface area contributed by atoms with Gasteiger partial charge in [0.15, 0.2) is 0 Å². The molecule has 5 heteroatoms. The molecule has 0 saturated heterocycles. The second kappa shape index (κ2) is 5.48. The van der Waals surface area contributed by atoms with Crippen molar-refractivity contribution < 1.29 is 19.4 Å². The van der Waals surface area contributed by atoms with Crippen LogP contribution in [-0.2, 0) is 9.53 Å². The summed E-state index contributed by atoms with van der Waals surface area (Å²) in [4.78, 5) is 21.5. The minimum absolute atomic E-state index is 0. The first-order valence-electron chi connectivity index (χ1n) is 3.62. The number of carbonyl (C=O) groups is 2. The number of benzene rings is 1. The molecule has 0 bridgehead atoms. The van der Waals surface area contributed by atoms with Crippen molar-refractivity contribution in [3.05, 3.63) is 29.8 Å². The molecule has 0 aliphatic rings. The zero-order valence-corrected chi connectivity index (χ0v) is 6.98. The molecule has 4 nitrogen and oxygen atoms in total. The van der Waals surface area contributed by atoms with E-state index in [2.05, 4.69) is 4.74 Å². The summed E-state index contributed by atoms with van der Waals surface area (Å²) in [6, 6.07) is 5.85. The SMILES string of the molecule is CC(=O)OC(=O)c1ccccc1O.[LiH]. The molecule has 0 aromatic heterocycles. The van der Waals surface area contributed by atoms with E-state index in [1.54, 1.807) is 12.1 Å². The fourth-order valence-electron chi connectivity index (χ4n) is 0.832. The molecule has 1 N–H and O–H groups in total. The Morgan fingerprint density at radius 1 is 1.29 bits per heavy atom. The van der Waals surface area contributed by atoms with Crippen LogP contribution in [0.25, 0.3) is 0 Å². The zero-order valence-electron chi connectivity index (χ0n) is 6.98. The van der Waals surface area contributed by atoms with Gasteiger partial charge in [-0.3, -0.25) is 4.79 Å². The van der Waals surface area contributed by atoms with Crippen molar-refractivity contribution >= 4 is 30.8 Å². The van der Waals surface area contributed by atoms with E-state index >= 15 is 0 Å². The normalized spacial score (nSPS) is 8.64. The van der Waals surface area contributed by atoms with Gasteiger partial charge in [-0.05, 0) is 12.1 Å². The molecule has 0 amide bonds. The van der Waals surface area contributed by atoms with Crippen LogP contribution < -0.4 is 0 Å². The number of aromatic hydroxyl groups is 1. The molecule has 0 aliphatic heterocycles. The summed E-state index contributed by atoms with van der Waals surface area (Å²) in [6.45, 7) is 1.12. The van der Waals surface area contributed by atoms with Gasteiger partial charge in [0.2, 0.25) is 0 Å². The second-order valence-electron chi connectivity index (χ2n) is 2.40. The van der Waals surface area contributed by atoms with Gasteiger partial charge in [0.25, 0.3) is 0 Å². The summed E-state index contributed by atoms with van der Waals surface area (Å²) < 4.78 is 4.28. The van der Waals surface area contributed by atoms with Crippen LogP contribution in [0.5, 0.6) is 5.75 Å². The summed E-state index contributed by atoms with van der Waals surface area (Å²) in [6.07, 6.45) is 0. The van der Waals surface area contributed by atoms with Crippen LogP contribution >= 0.6 is 0 Å². The Labute approximate surface area is 93.1 Å². The molecule has 0 saturated carbocycles. The first kappa shape index (κ1) is 12.8. The third kappa shape index (κ3) is 3.25. The van der Waals surface area contributed by atoms with E-state index in [4.69, 9.17) is 0 Å². The van der Waals surface area contributed by atoms with E-state index in [0.717, 1.165) is 6.92 Å². The van der Waals surface area contributed by atoms with E-state index < -0.39 is 11.9 Å². The molecular formula is C9H9LiO4. The van der Waals surface area contributed by atoms with Crippen molar-refractivity contribution in [2.24, 2.45) is 0 Å². The predicted molar refractivity (Wildman–Crippen MR) is 51.4 cm³/mol. The number of para-hydroxylation sites is 1. The number of esters is 2. The summed E-state index contributed by atoms with van der Waals surface area (Å²) in [5.41, 5.74) is -0.0160. The summed E-state index contributed by atoms with van der Waals surface area (Å²) in [5.74, 6) is -1.74. The van der Waals surface area contributed by atoms with Crippen LogP contribution in [-0.4, -0.2) is 35.9 Å². The maximum absolute atomic E-state index is 11.1. The Hall–Kier alpha value is -1.24. The van der Waals surface area contributed by atoms with Gasteiger partial charge in [0.05, 0.1) is 0 Å². The van der Waals surface area contributed by atoms with Crippen LogP contribution in [0.3, 0.4) is 0 Å². The van der Waals surface area contributed by atoms with Crippen molar-refractivity contribution in [3.8, 4) is 5.75 Å². The second-order valence-corrected chi connectivity index (χ2v) is 2.40. The number of phenolic OH excluding ortho intramolecular Hbond substituents is 1. The molecule has 0 atom stereocenters. The van der Waals surface area contributed by atoms with Gasteiger partial charge in [-0.1, -0.05) is 12.1 Å². The van der Waals surface area contributed by atoms with Gasteiger partial charge in [-0.2, -0.15) is 0 Å². The molecule has 1 aromatic rings. The summed E-state index contributed by atoms with van der Waals surface area (Å²) in [5, 5.41) is 9.18. The Kier molecular flexibility index (Phi) is 4.99. The number of carbonyl (C=O) groups excluding carboxylic acids is 2. The van der Waals surface area contributed by atoms with E-state index in [1.807, 2.05) is 0 Å². The molecule has 1 aromatic carbocycles. The first-order chi connectivity index (χ1) is 6.11. The van der Waals surface area contributed by atoms with E-state index in [0.29, 0.717) is 0 Å². The van der Waals surface area contributed by atoms with Crippen molar-refractivity contribution in [2.75, 3.05) is 0 Å². The molecule has 70 valence electrons. The summed E-state index contributed by atoms with van der Waals surface area (Å²) in [7, 11) is 0. The van der Waals surface area contributed by atoms with E-state index in [1.165, 1.54) is 12.1 Å². The Morgan fingerprint density at radius 3 is 2.36 bits per heavy atom. The molecule has 0 spiro atoms. The molecule has 0 radical (unpaired) electrons. The van der Waals surface area contributed by atoms with Gasteiger partial charge in [-0.25, -0.2) is 4.79 Å². The molecule has 0 heterocycles. The van der Waals surface area contributed by atoms with Gasteiger partial charge in [-0.15, -0.1) is 0 Å². The molecule has 14 heavy (non-hydrogen) atoms. The number of hydrogen-bond donors (Lipinski definition) is 1. The van der Waals surface area contributed by atoms with Gasteiger partial charge in [0, 0.05) is 6.92 Å². The number of ether oxygens (including phenoxy) is 1. The third-order valence-corrected chi connectivity index (χ3v) is 1.36. The average Bonchev–Trinajstić information content (AvgIpc) is 2.03. The van der Waals surface area contributed by atoms with Crippen LogP contribution in [0, 0.1) is 0 Å². The Morgan fingerprint density at radius 2 is 1.86 bits per heavy atom. The van der Waals surface area contributed by atoms with E-state index in [-0.39, 0.29) is 30.2 Å². The zero-order chi connectivity index (χ0) is 9.84. The molecule has 0 unspecified atom stereocenters. The van der Waals surface area contributed by atoms with Crippen molar-refractivity contribution in [1.29, 1.82) is 0 Å². The number of phenols is 1. The molecule has 0 fully saturated rings. The average molecular weight is 188 g/mol. The van der Waals surface area contributed by atoms with Gasteiger partial charge < -0.3 is 9.84 Å². The predicted octanol–water partition coefficient (Wildman–Crippen LogP) is 0.447. The molecular weight excluding hydrogens is 179 g/mol. The molecule has 1 rings (SSSR count). The fourth-order valence-corrected chi connectivity index (χ4v) is 0.832. The van der Waals surface area contributed by atoms with Crippen LogP contribution in [0.1, 0.15) is 17.3 Å². The quantitative estimate of drug-likeness (QED) is 0.394. The van der Waals surface area contributed by atoms with Crippen LogP contribution in [0.2, 0.25) is 0 Å². The van der Waals surface area contributed by atoms with Crippen molar-refractivity contribution in [3.63, 3.8) is 0 Å². The maximum atomic E-state index is 11.1. The standard InChI is InChI=1S/C9H8O4.Li.H/c1-6(10)13-9(12)7-4-2-3-5-8(7)11;;/h2-5,11H,1H3;;. The molecule has 0 aliphatic carbocycles. The fraction of sp³-hybridized carbons (Fsp3) is 0.111. The Balaban J connectivity index is 0.00000169. The minimum atomic E-state index is -0.842. The summed E-state index contributed by atoms with van der Waals surface area (Å²) >= 11 is 0. The third-order valence-electron chi connectivity index (χ3n) is 1.36. The van der Waals surface area contributed by atoms with Gasteiger partial charge in [0.1, 0.15) is 11.3 Å². The van der Waals surface area contributed by atoms with Crippen LogP contribution in [0.4, 0.5) is 0 Å². The van der Waals surface area contributed by atoms with Gasteiger partial charge >= 0.3 is 30.8 Å².